The van der Waals surface area contributed by atoms with E-state index in [4.69, 9.17) is 15.6 Å². The van der Waals surface area contributed by atoms with Crippen molar-refractivity contribution in [2.75, 3.05) is 7.11 Å². The Morgan fingerprint density at radius 2 is 2.15 bits per heavy atom. The summed E-state index contributed by atoms with van der Waals surface area (Å²) in [5.74, 6) is -0.728. The standard InChI is InChI=1S/C9H12FNO2/c1-5(11)7-3-6(13-2)4-8(12)9(7)10/h3-5,12H,11H2,1-2H3. The summed E-state index contributed by atoms with van der Waals surface area (Å²) in [6, 6.07) is 2.21. The van der Waals surface area contributed by atoms with Crippen LogP contribution in [-0.2, 0) is 0 Å². The fraction of sp³-hybridized carbons (Fsp3) is 0.333. The van der Waals surface area contributed by atoms with Crippen LogP contribution < -0.4 is 10.5 Å². The van der Waals surface area contributed by atoms with Gasteiger partial charge in [-0.05, 0) is 13.0 Å². The number of ether oxygens (including phenoxy) is 1. The molecule has 4 heteroatoms. The van der Waals surface area contributed by atoms with Crippen LogP contribution in [0.3, 0.4) is 0 Å². The number of halogens is 1. The maximum absolute atomic E-state index is 13.2. The molecule has 0 saturated heterocycles. The van der Waals surface area contributed by atoms with E-state index in [-0.39, 0.29) is 5.56 Å². The molecule has 0 aromatic heterocycles. The quantitative estimate of drug-likeness (QED) is 0.735. The fourth-order valence-corrected chi connectivity index (χ4v) is 1.05. The van der Waals surface area contributed by atoms with Gasteiger partial charge in [0.05, 0.1) is 7.11 Å². The van der Waals surface area contributed by atoms with Crippen molar-refractivity contribution in [1.82, 2.24) is 0 Å². The molecule has 0 saturated carbocycles. The van der Waals surface area contributed by atoms with Crippen LogP contribution in [0.1, 0.15) is 18.5 Å². The van der Waals surface area contributed by atoms with E-state index in [1.54, 1.807) is 6.92 Å². The van der Waals surface area contributed by atoms with Crippen molar-refractivity contribution in [3.63, 3.8) is 0 Å². The van der Waals surface area contributed by atoms with Crippen molar-refractivity contribution >= 4 is 0 Å². The van der Waals surface area contributed by atoms with Crippen LogP contribution >= 0.6 is 0 Å². The summed E-state index contributed by atoms with van der Waals surface area (Å²) in [4.78, 5) is 0. The van der Waals surface area contributed by atoms with Crippen molar-refractivity contribution in [2.24, 2.45) is 5.73 Å². The zero-order chi connectivity index (χ0) is 10.0. The Morgan fingerprint density at radius 1 is 1.54 bits per heavy atom. The molecule has 0 aliphatic heterocycles. The SMILES string of the molecule is COc1cc(O)c(F)c(C(C)N)c1. The molecule has 72 valence electrons. The number of methoxy groups -OCH3 is 1. The van der Waals surface area contributed by atoms with Gasteiger partial charge < -0.3 is 15.6 Å². The molecule has 3 N–H and O–H groups in total. The number of benzene rings is 1. The zero-order valence-electron chi connectivity index (χ0n) is 7.54. The topological polar surface area (TPSA) is 55.5 Å². The lowest BCUT2D eigenvalue weighted by Crippen LogP contribution is -2.07. The molecule has 13 heavy (non-hydrogen) atoms. The van der Waals surface area contributed by atoms with E-state index in [9.17, 15) is 4.39 Å². The molecule has 0 heterocycles. The average molecular weight is 185 g/mol. The van der Waals surface area contributed by atoms with Crippen LogP contribution in [0.4, 0.5) is 4.39 Å². The minimum atomic E-state index is -0.684. The van der Waals surface area contributed by atoms with Gasteiger partial charge >= 0.3 is 0 Å². The Labute approximate surface area is 75.9 Å². The molecule has 1 aromatic carbocycles. The highest BCUT2D eigenvalue weighted by atomic mass is 19.1. The summed E-state index contributed by atoms with van der Waals surface area (Å²) in [5, 5.41) is 9.15. The van der Waals surface area contributed by atoms with Crippen LogP contribution in [0.15, 0.2) is 12.1 Å². The molecule has 0 fully saturated rings. The number of phenols is 1. The molecule has 0 aliphatic carbocycles. The van der Waals surface area contributed by atoms with Gasteiger partial charge in [0.2, 0.25) is 0 Å². The van der Waals surface area contributed by atoms with E-state index in [0.717, 1.165) is 0 Å². The van der Waals surface area contributed by atoms with Gasteiger partial charge in [-0.2, -0.15) is 0 Å². The number of aromatic hydroxyl groups is 1. The monoisotopic (exact) mass is 185 g/mol. The van der Waals surface area contributed by atoms with Gasteiger partial charge in [0.1, 0.15) is 5.75 Å². The summed E-state index contributed by atoms with van der Waals surface area (Å²) in [6.07, 6.45) is 0. The summed E-state index contributed by atoms with van der Waals surface area (Å²) >= 11 is 0. The van der Waals surface area contributed by atoms with Crippen molar-refractivity contribution < 1.29 is 14.2 Å². The first-order valence-electron chi connectivity index (χ1n) is 3.88. The van der Waals surface area contributed by atoms with Crippen LogP contribution in [0.25, 0.3) is 0 Å². The third-order valence-corrected chi connectivity index (χ3v) is 1.78. The van der Waals surface area contributed by atoms with Crippen molar-refractivity contribution in [3.05, 3.63) is 23.5 Å². The Bertz CT molecular complexity index is 313. The Morgan fingerprint density at radius 3 is 2.62 bits per heavy atom. The molecule has 0 amide bonds. The highest BCUT2D eigenvalue weighted by Crippen LogP contribution is 2.28. The number of phenolic OH excluding ortho intramolecular Hbond substituents is 1. The maximum atomic E-state index is 13.2. The summed E-state index contributed by atoms with van der Waals surface area (Å²) in [6.45, 7) is 1.64. The highest BCUT2D eigenvalue weighted by Gasteiger charge is 2.13. The predicted molar refractivity (Wildman–Crippen MR) is 47.2 cm³/mol. The van der Waals surface area contributed by atoms with Gasteiger partial charge in [-0.1, -0.05) is 0 Å². The molecule has 0 bridgehead atoms. The second kappa shape index (κ2) is 3.62. The zero-order valence-corrected chi connectivity index (χ0v) is 7.54. The van der Waals surface area contributed by atoms with E-state index in [0.29, 0.717) is 5.75 Å². The smallest absolute Gasteiger partial charge is 0.169 e. The van der Waals surface area contributed by atoms with Gasteiger partial charge in [-0.25, -0.2) is 4.39 Å². The largest absolute Gasteiger partial charge is 0.505 e. The Balaban J connectivity index is 3.25. The van der Waals surface area contributed by atoms with E-state index in [2.05, 4.69) is 0 Å². The van der Waals surface area contributed by atoms with Crippen LogP contribution in [0, 0.1) is 5.82 Å². The summed E-state index contributed by atoms with van der Waals surface area (Å²) in [5.41, 5.74) is 5.75. The van der Waals surface area contributed by atoms with Crippen LogP contribution in [0.2, 0.25) is 0 Å². The van der Waals surface area contributed by atoms with Crippen molar-refractivity contribution in [2.45, 2.75) is 13.0 Å². The lowest BCUT2D eigenvalue weighted by atomic mass is 10.1. The molecular weight excluding hydrogens is 173 g/mol. The van der Waals surface area contributed by atoms with Gasteiger partial charge in [-0.3, -0.25) is 0 Å². The fourth-order valence-electron chi connectivity index (χ4n) is 1.05. The summed E-state index contributed by atoms with van der Waals surface area (Å²) < 4.78 is 18.0. The number of hydrogen-bond donors (Lipinski definition) is 2. The van der Waals surface area contributed by atoms with Crippen LogP contribution in [0.5, 0.6) is 11.5 Å². The number of hydrogen-bond acceptors (Lipinski definition) is 3. The normalized spacial score (nSPS) is 12.6. The molecule has 3 nitrogen and oxygen atoms in total. The molecule has 0 spiro atoms. The summed E-state index contributed by atoms with van der Waals surface area (Å²) in [7, 11) is 1.44. The Kier molecular flexibility index (Phi) is 2.72. The maximum Gasteiger partial charge on any atom is 0.169 e. The highest BCUT2D eigenvalue weighted by molar-refractivity contribution is 5.40. The molecule has 1 rings (SSSR count). The minimum Gasteiger partial charge on any atom is -0.505 e. The van der Waals surface area contributed by atoms with Crippen LogP contribution in [-0.4, -0.2) is 12.2 Å². The molecule has 0 aliphatic rings. The molecule has 0 radical (unpaired) electrons. The first-order valence-corrected chi connectivity index (χ1v) is 3.88. The second-order valence-electron chi connectivity index (χ2n) is 2.84. The minimum absolute atomic E-state index is 0.247. The second-order valence-corrected chi connectivity index (χ2v) is 2.84. The van der Waals surface area contributed by atoms with E-state index < -0.39 is 17.6 Å². The Hall–Kier alpha value is -1.29. The molecule has 1 aromatic rings. The number of rotatable bonds is 2. The van der Waals surface area contributed by atoms with Gasteiger partial charge in [0, 0.05) is 17.7 Å². The van der Waals surface area contributed by atoms with E-state index in [1.165, 1.54) is 19.2 Å². The first kappa shape index (κ1) is 9.80. The lowest BCUT2D eigenvalue weighted by molar-refractivity contribution is 0.393. The predicted octanol–water partition coefficient (Wildman–Crippen LogP) is 1.56. The molecule has 1 atom stereocenters. The lowest BCUT2D eigenvalue weighted by Gasteiger charge is -2.10. The van der Waals surface area contributed by atoms with Crippen molar-refractivity contribution in [1.29, 1.82) is 0 Å². The third kappa shape index (κ3) is 1.89. The van der Waals surface area contributed by atoms with E-state index in [1.807, 2.05) is 0 Å². The first-order chi connectivity index (χ1) is 6.06. The van der Waals surface area contributed by atoms with Gasteiger partial charge in [0.15, 0.2) is 11.6 Å². The van der Waals surface area contributed by atoms with Crippen molar-refractivity contribution in [3.8, 4) is 11.5 Å². The van der Waals surface area contributed by atoms with Gasteiger partial charge in [-0.15, -0.1) is 0 Å². The molecular formula is C9H12FNO2. The average Bonchev–Trinajstić information content (AvgIpc) is 2.09. The van der Waals surface area contributed by atoms with Gasteiger partial charge in [0.25, 0.3) is 0 Å². The third-order valence-electron chi connectivity index (χ3n) is 1.78. The number of nitrogens with two attached hydrogens (primary N) is 1. The van der Waals surface area contributed by atoms with E-state index >= 15 is 0 Å². The molecule has 1 unspecified atom stereocenters.